The fraction of sp³-hybridized carbons (Fsp3) is 0.200. The second-order valence-electron chi connectivity index (χ2n) is 7.71. The van der Waals surface area contributed by atoms with Crippen LogP contribution in [-0.4, -0.2) is 28.7 Å². The van der Waals surface area contributed by atoms with Gasteiger partial charge in [0.15, 0.2) is 0 Å². The third kappa shape index (κ3) is 6.50. The molecule has 0 radical (unpaired) electrons. The first-order chi connectivity index (χ1) is 15.4. The molecule has 7 nitrogen and oxygen atoms in total. The van der Waals surface area contributed by atoms with Gasteiger partial charge in [0, 0.05) is 29.3 Å². The summed E-state index contributed by atoms with van der Waals surface area (Å²) in [6.07, 6.45) is 3.29. The smallest absolute Gasteiger partial charge is 0.255 e. The molecule has 32 heavy (non-hydrogen) atoms. The lowest BCUT2D eigenvalue weighted by Crippen LogP contribution is -2.47. The Balaban J connectivity index is 1.63. The molecule has 164 valence electrons. The Bertz CT molecular complexity index is 1070. The van der Waals surface area contributed by atoms with Crippen LogP contribution in [0.3, 0.4) is 0 Å². The van der Waals surface area contributed by atoms with E-state index >= 15 is 0 Å². The summed E-state index contributed by atoms with van der Waals surface area (Å²) in [5, 5.41) is 8.45. The summed E-state index contributed by atoms with van der Waals surface area (Å²) in [5.41, 5.74) is 2.42. The molecule has 1 aromatic heterocycles. The van der Waals surface area contributed by atoms with Crippen molar-refractivity contribution in [3.63, 3.8) is 0 Å². The average Bonchev–Trinajstić information content (AvgIpc) is 2.78. The summed E-state index contributed by atoms with van der Waals surface area (Å²) in [4.78, 5) is 41.6. The Labute approximate surface area is 187 Å². The zero-order chi connectivity index (χ0) is 22.9. The van der Waals surface area contributed by atoms with E-state index in [1.54, 1.807) is 48.8 Å². The van der Waals surface area contributed by atoms with Gasteiger partial charge in [-0.05, 0) is 41.8 Å². The van der Waals surface area contributed by atoms with Crippen LogP contribution in [0.1, 0.15) is 29.8 Å². The number of aromatic nitrogens is 1. The Morgan fingerprint density at radius 3 is 2.16 bits per heavy atom. The first-order valence-electron chi connectivity index (χ1n) is 10.4. The molecule has 0 aliphatic heterocycles. The molecule has 3 N–H and O–H groups in total. The molecule has 0 spiro atoms. The quantitative estimate of drug-likeness (QED) is 0.508. The monoisotopic (exact) mass is 430 g/mol. The van der Waals surface area contributed by atoms with E-state index in [1.165, 1.54) is 0 Å². The van der Waals surface area contributed by atoms with Gasteiger partial charge in [-0.15, -0.1) is 0 Å². The van der Waals surface area contributed by atoms with E-state index in [2.05, 4.69) is 20.9 Å². The van der Waals surface area contributed by atoms with E-state index < -0.39 is 6.04 Å². The van der Waals surface area contributed by atoms with Crippen LogP contribution in [-0.2, 0) is 16.0 Å². The van der Waals surface area contributed by atoms with Gasteiger partial charge in [0.2, 0.25) is 11.8 Å². The summed E-state index contributed by atoms with van der Waals surface area (Å²) < 4.78 is 0. The third-order valence-electron chi connectivity index (χ3n) is 4.80. The van der Waals surface area contributed by atoms with Crippen molar-refractivity contribution in [1.82, 2.24) is 10.3 Å². The van der Waals surface area contributed by atoms with Crippen molar-refractivity contribution in [3.05, 3.63) is 90.3 Å². The number of nitrogens with one attached hydrogen (secondary N) is 3. The average molecular weight is 431 g/mol. The minimum absolute atomic E-state index is 0.107. The molecule has 3 rings (SSSR count). The molecular formula is C25H26N4O3. The van der Waals surface area contributed by atoms with E-state index in [0.29, 0.717) is 16.9 Å². The molecule has 1 atom stereocenters. The molecule has 0 saturated heterocycles. The zero-order valence-electron chi connectivity index (χ0n) is 18.0. The van der Waals surface area contributed by atoms with E-state index in [4.69, 9.17) is 0 Å². The predicted molar refractivity (Wildman–Crippen MR) is 124 cm³/mol. The minimum Gasteiger partial charge on any atom is -0.344 e. The highest BCUT2D eigenvalue weighted by molar-refractivity contribution is 6.04. The largest absolute Gasteiger partial charge is 0.344 e. The summed E-state index contributed by atoms with van der Waals surface area (Å²) in [5.74, 6) is -0.921. The summed E-state index contributed by atoms with van der Waals surface area (Å²) in [6.45, 7) is 3.75. The maximum atomic E-state index is 12.9. The van der Waals surface area contributed by atoms with Crippen molar-refractivity contribution in [2.24, 2.45) is 5.92 Å². The molecule has 3 amide bonds. The molecule has 3 aromatic rings. The number of carbonyl (C=O) groups is 3. The third-order valence-corrected chi connectivity index (χ3v) is 4.80. The standard InChI is InChI=1S/C25H26N4O3/c1-17(2)23(29-22(30)15-18-7-4-3-5-8-18)25(32)28-21-10-6-9-20(16-21)27-24(31)19-11-13-26-14-12-19/h3-14,16-17,23H,15H2,1-2H3,(H,27,31)(H,28,32)(H,29,30). The van der Waals surface area contributed by atoms with Gasteiger partial charge in [-0.25, -0.2) is 0 Å². The van der Waals surface area contributed by atoms with Crippen LogP contribution in [0, 0.1) is 5.92 Å². The van der Waals surface area contributed by atoms with Gasteiger partial charge >= 0.3 is 0 Å². The Hall–Kier alpha value is -4.00. The molecule has 0 fully saturated rings. The van der Waals surface area contributed by atoms with E-state index in [-0.39, 0.29) is 30.1 Å². The second-order valence-corrected chi connectivity index (χ2v) is 7.71. The Morgan fingerprint density at radius 1 is 0.844 bits per heavy atom. The van der Waals surface area contributed by atoms with Crippen molar-refractivity contribution >= 4 is 29.1 Å². The van der Waals surface area contributed by atoms with Crippen LogP contribution < -0.4 is 16.0 Å². The molecule has 1 heterocycles. The molecule has 0 saturated carbocycles. The maximum Gasteiger partial charge on any atom is 0.255 e. The fourth-order valence-electron chi connectivity index (χ4n) is 3.14. The predicted octanol–water partition coefficient (Wildman–Crippen LogP) is 3.66. The van der Waals surface area contributed by atoms with Crippen molar-refractivity contribution in [2.45, 2.75) is 26.3 Å². The van der Waals surface area contributed by atoms with Crippen molar-refractivity contribution < 1.29 is 14.4 Å². The number of benzene rings is 2. The molecule has 7 heteroatoms. The van der Waals surface area contributed by atoms with Crippen LogP contribution >= 0.6 is 0 Å². The van der Waals surface area contributed by atoms with Gasteiger partial charge in [0.1, 0.15) is 6.04 Å². The van der Waals surface area contributed by atoms with E-state index in [9.17, 15) is 14.4 Å². The van der Waals surface area contributed by atoms with Crippen LogP contribution in [0.2, 0.25) is 0 Å². The first-order valence-corrected chi connectivity index (χ1v) is 10.4. The zero-order valence-corrected chi connectivity index (χ0v) is 18.0. The molecule has 0 aliphatic carbocycles. The number of nitrogens with zero attached hydrogens (tertiary/aromatic N) is 1. The van der Waals surface area contributed by atoms with Crippen LogP contribution in [0.5, 0.6) is 0 Å². The number of rotatable bonds is 8. The van der Waals surface area contributed by atoms with E-state index in [1.807, 2.05) is 44.2 Å². The number of amides is 3. The minimum atomic E-state index is -0.693. The Morgan fingerprint density at radius 2 is 1.50 bits per heavy atom. The topological polar surface area (TPSA) is 100 Å². The highest BCUT2D eigenvalue weighted by Gasteiger charge is 2.24. The second kappa shape index (κ2) is 10.9. The molecule has 0 aliphatic rings. The number of carbonyl (C=O) groups excluding carboxylic acids is 3. The number of hydrogen-bond acceptors (Lipinski definition) is 4. The lowest BCUT2D eigenvalue weighted by atomic mass is 10.0. The van der Waals surface area contributed by atoms with Gasteiger partial charge < -0.3 is 16.0 Å². The summed E-state index contributed by atoms with van der Waals surface area (Å²) in [6, 6.07) is 18.8. The lowest BCUT2D eigenvalue weighted by Gasteiger charge is -2.22. The molecule has 1 unspecified atom stereocenters. The van der Waals surface area contributed by atoms with E-state index in [0.717, 1.165) is 5.56 Å². The Kier molecular flexibility index (Phi) is 7.70. The van der Waals surface area contributed by atoms with Crippen LogP contribution in [0.4, 0.5) is 11.4 Å². The van der Waals surface area contributed by atoms with Gasteiger partial charge in [-0.2, -0.15) is 0 Å². The molecule has 2 aromatic carbocycles. The molecule has 0 bridgehead atoms. The van der Waals surface area contributed by atoms with Gasteiger partial charge in [0.25, 0.3) is 5.91 Å². The molecular weight excluding hydrogens is 404 g/mol. The lowest BCUT2D eigenvalue weighted by molar-refractivity contribution is -0.127. The first kappa shape index (κ1) is 22.7. The van der Waals surface area contributed by atoms with Crippen molar-refractivity contribution in [1.29, 1.82) is 0 Å². The number of pyridine rings is 1. The summed E-state index contributed by atoms with van der Waals surface area (Å²) in [7, 11) is 0. The SMILES string of the molecule is CC(C)C(NC(=O)Cc1ccccc1)C(=O)Nc1cccc(NC(=O)c2ccncc2)c1. The van der Waals surface area contributed by atoms with Gasteiger partial charge in [-0.3, -0.25) is 19.4 Å². The normalized spacial score (nSPS) is 11.5. The van der Waals surface area contributed by atoms with Crippen molar-refractivity contribution in [3.8, 4) is 0 Å². The maximum absolute atomic E-state index is 12.9. The van der Waals surface area contributed by atoms with Gasteiger partial charge in [-0.1, -0.05) is 50.2 Å². The van der Waals surface area contributed by atoms with Gasteiger partial charge in [0.05, 0.1) is 6.42 Å². The fourth-order valence-corrected chi connectivity index (χ4v) is 3.14. The van der Waals surface area contributed by atoms with Crippen LogP contribution in [0.15, 0.2) is 79.1 Å². The van der Waals surface area contributed by atoms with Crippen molar-refractivity contribution in [2.75, 3.05) is 10.6 Å². The summed E-state index contributed by atoms with van der Waals surface area (Å²) >= 11 is 0. The number of anilines is 2. The highest BCUT2D eigenvalue weighted by Crippen LogP contribution is 2.17. The highest BCUT2D eigenvalue weighted by atomic mass is 16.2. The number of hydrogen-bond donors (Lipinski definition) is 3. The van der Waals surface area contributed by atoms with Crippen LogP contribution in [0.25, 0.3) is 0 Å².